The summed E-state index contributed by atoms with van der Waals surface area (Å²) >= 11 is 0. The molecule has 0 aromatic rings. The Morgan fingerprint density at radius 3 is 2.58 bits per heavy atom. The topological polar surface area (TPSA) is 147 Å². The zero-order valence-corrected chi connectivity index (χ0v) is 19.4. The summed E-state index contributed by atoms with van der Waals surface area (Å²) in [7, 11) is -3.67. The van der Waals surface area contributed by atoms with E-state index in [-0.39, 0.29) is 19.0 Å². The van der Waals surface area contributed by atoms with Gasteiger partial charge in [0.05, 0.1) is 18.8 Å². The van der Waals surface area contributed by atoms with Crippen molar-refractivity contribution in [2.75, 3.05) is 32.5 Å². The van der Waals surface area contributed by atoms with Crippen LogP contribution in [0.25, 0.3) is 0 Å². The molecule has 0 aliphatic carbocycles. The van der Waals surface area contributed by atoms with Crippen LogP contribution in [0.3, 0.4) is 0 Å². The van der Waals surface area contributed by atoms with Crippen molar-refractivity contribution in [3.63, 3.8) is 0 Å². The molecule has 2 fully saturated rings. The SMILES string of the molecule is CC(C)(C)OC(=O)NC(=N)C(CCC1CCNCC1)N1CC(COS(C)(=O)=O)OC1=O. The van der Waals surface area contributed by atoms with E-state index in [0.717, 1.165) is 38.6 Å². The number of alkyl carbamates (subject to hydrolysis) is 1. The summed E-state index contributed by atoms with van der Waals surface area (Å²) in [6.45, 7) is 6.77. The molecular formula is C19H34N4O7S. The second kappa shape index (κ2) is 10.6. The zero-order valence-electron chi connectivity index (χ0n) is 18.6. The molecule has 0 aromatic carbocycles. The second-order valence-corrected chi connectivity index (χ2v) is 10.6. The van der Waals surface area contributed by atoms with Crippen LogP contribution in [0.15, 0.2) is 0 Å². The number of cyclic esters (lactones) is 1. The number of piperidine rings is 1. The van der Waals surface area contributed by atoms with Crippen molar-refractivity contribution in [2.24, 2.45) is 5.92 Å². The molecule has 2 amide bonds. The van der Waals surface area contributed by atoms with E-state index in [1.807, 2.05) is 0 Å². The van der Waals surface area contributed by atoms with Crippen molar-refractivity contribution in [3.05, 3.63) is 0 Å². The van der Waals surface area contributed by atoms with Gasteiger partial charge in [-0.2, -0.15) is 8.42 Å². The Morgan fingerprint density at radius 2 is 2.00 bits per heavy atom. The van der Waals surface area contributed by atoms with Crippen LogP contribution in [0.2, 0.25) is 0 Å². The van der Waals surface area contributed by atoms with E-state index >= 15 is 0 Å². The Balaban J connectivity index is 2.05. The number of nitrogens with one attached hydrogen (secondary N) is 3. The highest BCUT2D eigenvalue weighted by atomic mass is 32.2. The van der Waals surface area contributed by atoms with Gasteiger partial charge in [0.1, 0.15) is 24.1 Å². The first kappa shape index (κ1) is 25.3. The third-order valence-electron chi connectivity index (χ3n) is 5.02. The van der Waals surface area contributed by atoms with Gasteiger partial charge in [-0.05, 0) is 65.5 Å². The third-order valence-corrected chi connectivity index (χ3v) is 5.59. The number of carbonyl (C=O) groups is 2. The van der Waals surface area contributed by atoms with E-state index in [0.29, 0.717) is 12.3 Å². The van der Waals surface area contributed by atoms with Gasteiger partial charge in [-0.25, -0.2) is 9.59 Å². The summed E-state index contributed by atoms with van der Waals surface area (Å²) in [6.07, 6.45) is 1.96. The van der Waals surface area contributed by atoms with E-state index in [9.17, 15) is 18.0 Å². The lowest BCUT2D eigenvalue weighted by molar-refractivity contribution is 0.0557. The predicted octanol–water partition coefficient (Wildman–Crippen LogP) is 1.43. The predicted molar refractivity (Wildman–Crippen MR) is 113 cm³/mol. The van der Waals surface area contributed by atoms with Gasteiger partial charge in [-0.3, -0.25) is 19.8 Å². The highest BCUT2D eigenvalue weighted by molar-refractivity contribution is 7.85. The largest absolute Gasteiger partial charge is 0.444 e. The summed E-state index contributed by atoms with van der Waals surface area (Å²) < 4.78 is 37.6. The Kier molecular flexibility index (Phi) is 8.66. The number of amides is 2. The average Bonchev–Trinajstić information content (AvgIpc) is 2.99. The van der Waals surface area contributed by atoms with Crippen LogP contribution in [0.5, 0.6) is 0 Å². The van der Waals surface area contributed by atoms with Crippen molar-refractivity contribution in [1.82, 2.24) is 15.5 Å². The Morgan fingerprint density at radius 1 is 1.35 bits per heavy atom. The number of hydrogen-bond acceptors (Lipinski definition) is 9. The van der Waals surface area contributed by atoms with Crippen LogP contribution >= 0.6 is 0 Å². The van der Waals surface area contributed by atoms with Crippen molar-refractivity contribution in [3.8, 4) is 0 Å². The van der Waals surface area contributed by atoms with Crippen LogP contribution in [0.1, 0.15) is 46.5 Å². The first-order valence-corrected chi connectivity index (χ1v) is 12.3. The Hall–Kier alpha value is -1.92. The fraction of sp³-hybridized carbons (Fsp3) is 0.842. The maximum absolute atomic E-state index is 12.5. The molecule has 12 heteroatoms. The van der Waals surface area contributed by atoms with Gasteiger partial charge in [0.15, 0.2) is 0 Å². The molecule has 2 atom stereocenters. The monoisotopic (exact) mass is 462 g/mol. The summed E-state index contributed by atoms with van der Waals surface area (Å²) in [4.78, 5) is 26.0. The molecule has 2 heterocycles. The zero-order chi connectivity index (χ0) is 23.2. The molecular weight excluding hydrogens is 428 g/mol. The summed E-state index contributed by atoms with van der Waals surface area (Å²) in [5.41, 5.74) is -0.727. The molecule has 2 aliphatic rings. The highest BCUT2D eigenvalue weighted by Crippen LogP contribution is 2.24. The van der Waals surface area contributed by atoms with Crippen LogP contribution in [-0.2, 0) is 23.8 Å². The molecule has 31 heavy (non-hydrogen) atoms. The minimum absolute atomic E-state index is 0.0591. The molecule has 178 valence electrons. The molecule has 0 spiro atoms. The van der Waals surface area contributed by atoms with Gasteiger partial charge in [0.2, 0.25) is 0 Å². The number of carbonyl (C=O) groups excluding carboxylic acids is 2. The van der Waals surface area contributed by atoms with Crippen molar-refractivity contribution in [2.45, 2.75) is 64.2 Å². The molecule has 2 aliphatic heterocycles. The van der Waals surface area contributed by atoms with Crippen LogP contribution in [0, 0.1) is 11.3 Å². The first-order valence-electron chi connectivity index (χ1n) is 10.4. The van der Waals surface area contributed by atoms with Gasteiger partial charge < -0.3 is 14.8 Å². The number of rotatable bonds is 8. The van der Waals surface area contributed by atoms with E-state index in [2.05, 4.69) is 10.6 Å². The standard InChI is InChI=1S/C19H34N4O7S/c1-19(2,3)30-17(24)22-16(20)15(6-5-13-7-9-21-10-8-13)23-11-14(29-18(23)25)12-28-31(4,26)27/h13-15,21H,5-12H2,1-4H3,(H2,20,22,24). The quantitative estimate of drug-likeness (QED) is 0.279. The lowest BCUT2D eigenvalue weighted by Gasteiger charge is -2.30. The number of amidine groups is 1. The lowest BCUT2D eigenvalue weighted by Crippen LogP contribution is -2.50. The third kappa shape index (κ3) is 8.99. The number of ether oxygens (including phenoxy) is 2. The summed E-state index contributed by atoms with van der Waals surface area (Å²) in [5.74, 6) is 0.297. The number of nitrogens with zero attached hydrogens (tertiary/aromatic N) is 1. The molecule has 0 radical (unpaired) electrons. The van der Waals surface area contributed by atoms with Gasteiger partial charge in [-0.1, -0.05) is 0 Å². The molecule has 0 aromatic heterocycles. The lowest BCUT2D eigenvalue weighted by atomic mass is 9.91. The molecule has 0 bridgehead atoms. The van der Waals surface area contributed by atoms with Gasteiger partial charge in [0, 0.05) is 0 Å². The highest BCUT2D eigenvalue weighted by Gasteiger charge is 2.39. The minimum Gasteiger partial charge on any atom is -0.444 e. The molecule has 11 nitrogen and oxygen atoms in total. The molecule has 0 saturated carbocycles. The molecule has 2 rings (SSSR count). The van der Waals surface area contributed by atoms with E-state index in [1.54, 1.807) is 20.8 Å². The van der Waals surface area contributed by atoms with Crippen LogP contribution in [0.4, 0.5) is 9.59 Å². The smallest absolute Gasteiger partial charge is 0.413 e. The normalized spacial score (nSPS) is 21.5. The van der Waals surface area contributed by atoms with Crippen LogP contribution in [-0.4, -0.2) is 81.6 Å². The van der Waals surface area contributed by atoms with E-state index in [4.69, 9.17) is 19.1 Å². The van der Waals surface area contributed by atoms with Crippen molar-refractivity contribution in [1.29, 1.82) is 5.41 Å². The Labute approximate surface area is 183 Å². The molecule has 2 saturated heterocycles. The summed E-state index contributed by atoms with van der Waals surface area (Å²) in [5, 5.41) is 14.2. The average molecular weight is 463 g/mol. The van der Waals surface area contributed by atoms with Crippen LogP contribution < -0.4 is 10.6 Å². The van der Waals surface area contributed by atoms with E-state index < -0.39 is 40.1 Å². The van der Waals surface area contributed by atoms with Gasteiger partial charge in [-0.15, -0.1) is 0 Å². The summed E-state index contributed by atoms with van der Waals surface area (Å²) in [6, 6.07) is -0.724. The molecule has 2 unspecified atom stereocenters. The molecule has 3 N–H and O–H groups in total. The maximum Gasteiger partial charge on any atom is 0.413 e. The van der Waals surface area contributed by atoms with Crippen molar-refractivity contribution >= 4 is 28.1 Å². The fourth-order valence-corrected chi connectivity index (χ4v) is 4.00. The maximum atomic E-state index is 12.5. The van der Waals surface area contributed by atoms with Gasteiger partial charge >= 0.3 is 12.2 Å². The van der Waals surface area contributed by atoms with Gasteiger partial charge in [0.25, 0.3) is 10.1 Å². The number of hydrogen-bond donors (Lipinski definition) is 3. The fourth-order valence-electron chi connectivity index (χ4n) is 3.60. The first-order chi connectivity index (χ1) is 14.3. The second-order valence-electron chi connectivity index (χ2n) is 8.97. The Bertz CT molecular complexity index is 760. The van der Waals surface area contributed by atoms with Crippen molar-refractivity contribution < 1.29 is 31.7 Å². The van der Waals surface area contributed by atoms with E-state index in [1.165, 1.54) is 4.90 Å². The minimum atomic E-state index is -3.67.